The monoisotopic (exact) mass is 210 g/mol. The van der Waals surface area contributed by atoms with Crippen molar-refractivity contribution in [1.29, 1.82) is 5.41 Å². The third-order valence-electron chi connectivity index (χ3n) is 2.37. The lowest BCUT2D eigenvalue weighted by Crippen LogP contribution is -2.13. The van der Waals surface area contributed by atoms with Gasteiger partial charge < -0.3 is 9.84 Å². The van der Waals surface area contributed by atoms with Crippen LogP contribution in [0.2, 0.25) is 0 Å². The first-order chi connectivity index (χ1) is 7.19. The minimum atomic E-state index is -0.659. The highest BCUT2D eigenvalue weighted by Crippen LogP contribution is 2.24. The van der Waals surface area contributed by atoms with Gasteiger partial charge in [-0.25, -0.2) is 0 Å². The van der Waals surface area contributed by atoms with Crippen molar-refractivity contribution in [1.82, 2.24) is 0 Å². The van der Waals surface area contributed by atoms with Crippen LogP contribution in [0.15, 0.2) is 11.1 Å². The number of rotatable bonds is 3. The van der Waals surface area contributed by atoms with E-state index in [-0.39, 0.29) is 11.9 Å². The number of aliphatic hydroxyl groups excluding tert-OH is 1. The number of nitrogens with zero attached hydrogens (tertiary/aromatic N) is 1. The van der Waals surface area contributed by atoms with Crippen LogP contribution in [-0.2, 0) is 9.53 Å². The lowest BCUT2D eigenvalue weighted by molar-refractivity contribution is -0.145. The van der Waals surface area contributed by atoms with E-state index in [4.69, 9.17) is 5.41 Å². The summed E-state index contributed by atoms with van der Waals surface area (Å²) < 4.78 is 4.60. The molecule has 0 radical (unpaired) electrons. The summed E-state index contributed by atoms with van der Waals surface area (Å²) in [5.41, 5.74) is 0.608. The Morgan fingerprint density at radius 1 is 1.87 bits per heavy atom. The third kappa shape index (κ3) is 3.01. The van der Waals surface area contributed by atoms with E-state index in [1.807, 2.05) is 0 Å². The molecule has 5 nitrogen and oxygen atoms in total. The summed E-state index contributed by atoms with van der Waals surface area (Å²) in [4.78, 5) is 15.3. The van der Waals surface area contributed by atoms with Crippen molar-refractivity contribution >= 4 is 17.6 Å². The fraction of sp³-hybridized carbons (Fsp3) is 0.600. The molecule has 1 fully saturated rings. The number of aliphatic hydroxyl groups is 1. The van der Waals surface area contributed by atoms with Crippen LogP contribution < -0.4 is 0 Å². The Labute approximate surface area is 88.0 Å². The lowest BCUT2D eigenvalue weighted by Gasteiger charge is -2.03. The van der Waals surface area contributed by atoms with Crippen molar-refractivity contribution in [2.75, 3.05) is 13.7 Å². The molecule has 2 N–H and O–H groups in total. The number of hydrogen-bond acceptors (Lipinski definition) is 5. The maximum Gasteiger partial charge on any atom is 0.309 e. The van der Waals surface area contributed by atoms with Crippen LogP contribution >= 0.6 is 0 Å². The Balaban J connectivity index is 2.59. The second-order valence-electron chi connectivity index (χ2n) is 3.36. The van der Waals surface area contributed by atoms with E-state index in [2.05, 4.69) is 15.6 Å². The fourth-order valence-electron chi connectivity index (χ4n) is 1.60. The Kier molecular flexibility index (Phi) is 4.21. The molecule has 0 bridgehead atoms. The number of methoxy groups -OCH3 is 1. The molecule has 5 heteroatoms. The summed E-state index contributed by atoms with van der Waals surface area (Å²) in [7, 11) is 1.33. The average molecular weight is 210 g/mol. The molecule has 0 aromatic heterocycles. The van der Waals surface area contributed by atoms with Crippen LogP contribution in [-0.4, -0.2) is 42.4 Å². The van der Waals surface area contributed by atoms with Gasteiger partial charge in [0.05, 0.1) is 25.7 Å². The van der Waals surface area contributed by atoms with E-state index in [0.717, 1.165) is 0 Å². The highest BCUT2D eigenvalue weighted by Gasteiger charge is 2.34. The first-order valence-corrected chi connectivity index (χ1v) is 4.72. The highest BCUT2D eigenvalue weighted by molar-refractivity contribution is 5.95. The molecule has 0 amide bonds. The summed E-state index contributed by atoms with van der Waals surface area (Å²) >= 11 is 0. The summed E-state index contributed by atoms with van der Waals surface area (Å²) in [6, 6.07) is 0. The molecule has 0 heterocycles. The van der Waals surface area contributed by atoms with Crippen LogP contribution in [0.4, 0.5) is 0 Å². The van der Waals surface area contributed by atoms with Gasteiger partial charge in [-0.2, -0.15) is 0 Å². The fourth-order valence-corrected chi connectivity index (χ4v) is 1.60. The normalized spacial score (nSPS) is 27.5. The van der Waals surface area contributed by atoms with Crippen LogP contribution in [0.5, 0.6) is 0 Å². The van der Waals surface area contributed by atoms with E-state index >= 15 is 0 Å². The second-order valence-corrected chi connectivity index (χ2v) is 3.36. The van der Waals surface area contributed by atoms with Gasteiger partial charge in [-0.05, 0) is 18.4 Å². The van der Waals surface area contributed by atoms with Gasteiger partial charge in [-0.3, -0.25) is 15.2 Å². The predicted octanol–water partition coefficient (Wildman–Crippen LogP) is 0.176. The zero-order valence-corrected chi connectivity index (χ0v) is 8.56. The predicted molar refractivity (Wildman–Crippen MR) is 55.3 cm³/mol. The molecule has 1 aliphatic rings. The molecule has 1 saturated carbocycles. The van der Waals surface area contributed by atoms with Crippen molar-refractivity contribution in [3.05, 3.63) is 6.08 Å². The Hall–Kier alpha value is -1.45. The van der Waals surface area contributed by atoms with Crippen molar-refractivity contribution in [3.8, 4) is 0 Å². The minimum Gasteiger partial charge on any atom is -0.469 e. The van der Waals surface area contributed by atoms with Gasteiger partial charge in [0.25, 0.3) is 0 Å². The quantitative estimate of drug-likeness (QED) is 0.514. The molecule has 15 heavy (non-hydrogen) atoms. The molecule has 0 saturated heterocycles. The highest BCUT2D eigenvalue weighted by atomic mass is 16.5. The number of carbonyl (C=O) groups excluding carboxylic acids is 1. The van der Waals surface area contributed by atoms with Crippen molar-refractivity contribution in [3.63, 3.8) is 0 Å². The molecule has 0 aromatic rings. The summed E-state index contributed by atoms with van der Waals surface area (Å²) in [6.45, 7) is 0.323. The smallest absolute Gasteiger partial charge is 0.309 e. The SMILES string of the molecule is COC(=O)C1CC(=NCC=C=N)[C@@H](O)C1. The molecular formula is C10H14N2O3. The van der Waals surface area contributed by atoms with Gasteiger partial charge in [0, 0.05) is 12.1 Å². The van der Waals surface area contributed by atoms with Crippen molar-refractivity contribution < 1.29 is 14.6 Å². The number of ether oxygens (including phenoxy) is 1. The summed E-state index contributed by atoms with van der Waals surface area (Å²) in [5.74, 6) is 1.51. The van der Waals surface area contributed by atoms with E-state index in [1.165, 1.54) is 13.2 Å². The number of aliphatic imine (C=N–C) groups is 1. The van der Waals surface area contributed by atoms with Gasteiger partial charge in [0.2, 0.25) is 0 Å². The zero-order valence-electron chi connectivity index (χ0n) is 8.56. The standard InChI is InChI=1S/C10H14N2O3/c1-15-10(14)7-5-8(9(13)6-7)12-4-2-3-11/h2,7,9,11,13H,4-6H2,1H3/t7?,9-/m0/s1. The van der Waals surface area contributed by atoms with E-state index < -0.39 is 6.10 Å². The second kappa shape index (κ2) is 5.44. The van der Waals surface area contributed by atoms with E-state index in [9.17, 15) is 9.90 Å². The van der Waals surface area contributed by atoms with Gasteiger partial charge in [-0.15, -0.1) is 0 Å². The van der Waals surface area contributed by atoms with Gasteiger partial charge >= 0.3 is 5.97 Å². The molecule has 1 unspecified atom stereocenters. The molecule has 0 aromatic carbocycles. The Morgan fingerprint density at radius 3 is 3.20 bits per heavy atom. The average Bonchev–Trinajstić information content (AvgIpc) is 2.60. The van der Waals surface area contributed by atoms with E-state index in [1.54, 1.807) is 0 Å². The van der Waals surface area contributed by atoms with Gasteiger partial charge in [-0.1, -0.05) is 0 Å². The Morgan fingerprint density at radius 2 is 2.60 bits per heavy atom. The molecule has 1 aliphatic carbocycles. The summed E-state index contributed by atoms with van der Waals surface area (Å²) in [5, 5.41) is 16.2. The molecule has 82 valence electrons. The van der Waals surface area contributed by atoms with Gasteiger partial charge in [0.15, 0.2) is 0 Å². The summed E-state index contributed by atoms with van der Waals surface area (Å²) in [6.07, 6.45) is 1.61. The van der Waals surface area contributed by atoms with Crippen LogP contribution in [0, 0.1) is 11.3 Å². The Bertz CT molecular complexity index is 319. The molecular weight excluding hydrogens is 196 g/mol. The van der Waals surface area contributed by atoms with Crippen LogP contribution in [0.25, 0.3) is 0 Å². The third-order valence-corrected chi connectivity index (χ3v) is 2.37. The van der Waals surface area contributed by atoms with Crippen molar-refractivity contribution in [2.45, 2.75) is 18.9 Å². The number of nitrogens with one attached hydrogen (secondary N) is 1. The van der Waals surface area contributed by atoms with E-state index in [0.29, 0.717) is 25.1 Å². The zero-order chi connectivity index (χ0) is 11.3. The first-order valence-electron chi connectivity index (χ1n) is 4.72. The number of hydrogen-bond donors (Lipinski definition) is 2. The van der Waals surface area contributed by atoms with Crippen molar-refractivity contribution in [2.24, 2.45) is 10.9 Å². The first kappa shape index (κ1) is 11.6. The molecule has 1 rings (SSSR count). The van der Waals surface area contributed by atoms with Crippen LogP contribution in [0.1, 0.15) is 12.8 Å². The molecule has 0 spiro atoms. The maximum absolute atomic E-state index is 11.2. The largest absolute Gasteiger partial charge is 0.469 e. The molecule has 0 aliphatic heterocycles. The topological polar surface area (TPSA) is 82.7 Å². The maximum atomic E-state index is 11.2. The lowest BCUT2D eigenvalue weighted by atomic mass is 10.1. The van der Waals surface area contributed by atoms with Crippen LogP contribution in [0.3, 0.4) is 0 Å². The number of carbonyl (C=O) groups is 1. The number of esters is 1. The van der Waals surface area contributed by atoms with Gasteiger partial charge in [0.1, 0.15) is 0 Å². The molecule has 2 atom stereocenters. The minimum absolute atomic E-state index is 0.285.